The molecular formula is C14H27N3. The molecule has 3 heteroatoms. The normalized spacial score (nSPS) is 13.9. The number of nitrogens with one attached hydrogen (secondary N) is 1. The third-order valence-electron chi connectivity index (χ3n) is 3.16. The Labute approximate surface area is 106 Å². The van der Waals surface area contributed by atoms with E-state index in [4.69, 9.17) is 0 Å². The van der Waals surface area contributed by atoms with E-state index in [-0.39, 0.29) is 0 Å². The van der Waals surface area contributed by atoms with E-state index in [9.17, 15) is 0 Å². The fraction of sp³-hybridized carbons (Fsp3) is 0.786. The molecule has 0 spiro atoms. The first-order valence-corrected chi connectivity index (χ1v) is 6.64. The van der Waals surface area contributed by atoms with Crippen LogP contribution in [0.1, 0.15) is 46.4 Å². The molecular weight excluding hydrogens is 210 g/mol. The van der Waals surface area contributed by atoms with E-state index in [2.05, 4.69) is 49.6 Å². The first-order valence-electron chi connectivity index (χ1n) is 6.64. The second-order valence-electron chi connectivity index (χ2n) is 5.85. The lowest BCUT2D eigenvalue weighted by atomic mass is 9.82. The van der Waals surface area contributed by atoms with Gasteiger partial charge in [0.25, 0.3) is 0 Å². The van der Waals surface area contributed by atoms with Gasteiger partial charge in [-0.2, -0.15) is 0 Å². The average molecular weight is 237 g/mol. The van der Waals surface area contributed by atoms with Crippen LogP contribution in [0.4, 0.5) is 0 Å². The first-order chi connectivity index (χ1) is 7.94. The number of hydrogen-bond donors (Lipinski definition) is 1. The Bertz CT molecular complexity index is 328. The van der Waals surface area contributed by atoms with Gasteiger partial charge in [0.1, 0.15) is 5.82 Å². The Morgan fingerprint density at radius 3 is 2.71 bits per heavy atom. The molecule has 0 fully saturated rings. The Kier molecular flexibility index (Phi) is 5.19. The van der Waals surface area contributed by atoms with Crippen molar-refractivity contribution >= 4 is 0 Å². The summed E-state index contributed by atoms with van der Waals surface area (Å²) in [5.41, 5.74) is 0.291. The number of imidazole rings is 1. The highest BCUT2D eigenvalue weighted by atomic mass is 15.0. The van der Waals surface area contributed by atoms with Gasteiger partial charge in [-0.3, -0.25) is 0 Å². The molecule has 0 amide bonds. The Hall–Kier alpha value is -0.830. The van der Waals surface area contributed by atoms with Crippen LogP contribution in [0, 0.1) is 5.41 Å². The molecule has 1 aromatic rings. The number of aromatic nitrogens is 2. The summed E-state index contributed by atoms with van der Waals surface area (Å²) in [7, 11) is 2.07. The third-order valence-corrected chi connectivity index (χ3v) is 3.16. The first kappa shape index (κ1) is 14.2. The predicted octanol–water partition coefficient (Wildman–Crippen LogP) is 2.77. The fourth-order valence-electron chi connectivity index (χ4n) is 2.36. The Morgan fingerprint density at radius 2 is 2.18 bits per heavy atom. The molecule has 0 aliphatic heterocycles. The zero-order chi connectivity index (χ0) is 12.9. The lowest BCUT2D eigenvalue weighted by Gasteiger charge is -2.28. The van der Waals surface area contributed by atoms with Gasteiger partial charge in [-0.15, -0.1) is 0 Å². The van der Waals surface area contributed by atoms with Gasteiger partial charge < -0.3 is 9.88 Å². The van der Waals surface area contributed by atoms with Crippen molar-refractivity contribution in [1.29, 1.82) is 0 Å². The zero-order valence-corrected chi connectivity index (χ0v) is 12.0. The second-order valence-corrected chi connectivity index (χ2v) is 5.85. The minimum atomic E-state index is 0.291. The van der Waals surface area contributed by atoms with E-state index in [1.54, 1.807) is 0 Å². The van der Waals surface area contributed by atoms with Gasteiger partial charge in [-0.1, -0.05) is 20.8 Å². The summed E-state index contributed by atoms with van der Waals surface area (Å²) in [6.07, 6.45) is 7.31. The zero-order valence-electron chi connectivity index (χ0n) is 12.0. The molecule has 0 aliphatic rings. The van der Waals surface area contributed by atoms with Crippen molar-refractivity contribution in [2.24, 2.45) is 12.5 Å². The van der Waals surface area contributed by atoms with Crippen molar-refractivity contribution in [1.82, 2.24) is 14.9 Å². The summed E-state index contributed by atoms with van der Waals surface area (Å²) in [6.45, 7) is 10.2. The van der Waals surface area contributed by atoms with Crippen molar-refractivity contribution in [3.8, 4) is 0 Å². The molecule has 98 valence electrons. The molecule has 0 saturated carbocycles. The molecule has 0 aromatic carbocycles. The Morgan fingerprint density at radius 1 is 1.47 bits per heavy atom. The van der Waals surface area contributed by atoms with Crippen LogP contribution in [0.2, 0.25) is 0 Å². The average Bonchev–Trinajstić information content (AvgIpc) is 2.60. The standard InChI is InChI=1S/C14H27N3/c1-6-7-15-12(2)10-14(3,4)11-13-16-8-9-17(13)5/h8-9,12,15H,6-7,10-11H2,1-5H3. The summed E-state index contributed by atoms with van der Waals surface area (Å²) >= 11 is 0. The third kappa shape index (κ3) is 4.90. The van der Waals surface area contributed by atoms with Crippen molar-refractivity contribution in [2.75, 3.05) is 6.54 Å². The molecule has 1 atom stereocenters. The van der Waals surface area contributed by atoms with Gasteiger partial charge >= 0.3 is 0 Å². The molecule has 1 N–H and O–H groups in total. The Balaban J connectivity index is 2.48. The molecule has 0 saturated heterocycles. The maximum atomic E-state index is 4.41. The van der Waals surface area contributed by atoms with E-state index in [1.165, 1.54) is 18.7 Å². The summed E-state index contributed by atoms with van der Waals surface area (Å²) in [6, 6.07) is 0.574. The summed E-state index contributed by atoms with van der Waals surface area (Å²) in [4.78, 5) is 4.41. The molecule has 3 nitrogen and oxygen atoms in total. The van der Waals surface area contributed by atoms with Crippen molar-refractivity contribution in [2.45, 2.75) is 53.0 Å². The second kappa shape index (κ2) is 6.20. The van der Waals surface area contributed by atoms with Gasteiger partial charge in [0.05, 0.1) is 0 Å². The van der Waals surface area contributed by atoms with Crippen LogP contribution in [0.15, 0.2) is 12.4 Å². The van der Waals surface area contributed by atoms with E-state index in [0.717, 1.165) is 13.0 Å². The van der Waals surface area contributed by atoms with E-state index in [0.29, 0.717) is 11.5 Å². The summed E-state index contributed by atoms with van der Waals surface area (Å²) in [5, 5.41) is 3.56. The number of aryl methyl sites for hydroxylation is 1. The molecule has 1 heterocycles. The van der Waals surface area contributed by atoms with E-state index < -0.39 is 0 Å². The topological polar surface area (TPSA) is 29.9 Å². The fourth-order valence-corrected chi connectivity index (χ4v) is 2.36. The summed E-state index contributed by atoms with van der Waals surface area (Å²) < 4.78 is 2.12. The van der Waals surface area contributed by atoms with Crippen LogP contribution < -0.4 is 5.32 Å². The molecule has 1 rings (SSSR count). The minimum absolute atomic E-state index is 0.291. The van der Waals surface area contributed by atoms with Crippen LogP contribution in [-0.4, -0.2) is 22.1 Å². The highest BCUT2D eigenvalue weighted by molar-refractivity contribution is 4.95. The summed E-state index contributed by atoms with van der Waals surface area (Å²) in [5.74, 6) is 1.18. The van der Waals surface area contributed by atoms with Crippen molar-refractivity contribution in [3.05, 3.63) is 18.2 Å². The number of hydrogen-bond acceptors (Lipinski definition) is 2. The van der Waals surface area contributed by atoms with Crippen molar-refractivity contribution in [3.63, 3.8) is 0 Å². The lowest BCUT2D eigenvalue weighted by molar-refractivity contribution is 0.280. The molecule has 0 radical (unpaired) electrons. The monoisotopic (exact) mass is 237 g/mol. The minimum Gasteiger partial charge on any atom is -0.338 e. The highest BCUT2D eigenvalue weighted by Crippen LogP contribution is 2.26. The highest BCUT2D eigenvalue weighted by Gasteiger charge is 2.23. The molecule has 1 unspecified atom stereocenters. The van der Waals surface area contributed by atoms with Gasteiger partial charge in [-0.05, 0) is 31.7 Å². The number of nitrogens with zero attached hydrogens (tertiary/aromatic N) is 2. The maximum Gasteiger partial charge on any atom is 0.108 e. The SMILES string of the molecule is CCCNC(C)CC(C)(C)Cc1nccn1C. The van der Waals surface area contributed by atoms with Crippen LogP contribution in [0.3, 0.4) is 0 Å². The predicted molar refractivity (Wildman–Crippen MR) is 73.1 cm³/mol. The lowest BCUT2D eigenvalue weighted by Crippen LogP contribution is -2.33. The molecule has 0 aliphatic carbocycles. The van der Waals surface area contributed by atoms with Crippen molar-refractivity contribution < 1.29 is 0 Å². The van der Waals surface area contributed by atoms with Crippen LogP contribution >= 0.6 is 0 Å². The molecule has 1 aromatic heterocycles. The van der Waals surface area contributed by atoms with Crippen LogP contribution in [-0.2, 0) is 13.5 Å². The van der Waals surface area contributed by atoms with Gasteiger partial charge in [0.2, 0.25) is 0 Å². The van der Waals surface area contributed by atoms with E-state index in [1.807, 2.05) is 12.4 Å². The molecule has 0 bridgehead atoms. The van der Waals surface area contributed by atoms with Gasteiger partial charge in [0, 0.05) is 31.9 Å². The largest absolute Gasteiger partial charge is 0.338 e. The van der Waals surface area contributed by atoms with Crippen LogP contribution in [0.25, 0.3) is 0 Å². The number of rotatable bonds is 7. The van der Waals surface area contributed by atoms with Gasteiger partial charge in [0.15, 0.2) is 0 Å². The smallest absolute Gasteiger partial charge is 0.108 e. The van der Waals surface area contributed by atoms with E-state index >= 15 is 0 Å². The van der Waals surface area contributed by atoms with Gasteiger partial charge in [-0.25, -0.2) is 4.98 Å². The molecule has 17 heavy (non-hydrogen) atoms. The maximum absolute atomic E-state index is 4.41. The van der Waals surface area contributed by atoms with Crippen LogP contribution in [0.5, 0.6) is 0 Å². The quantitative estimate of drug-likeness (QED) is 0.790.